The number of likely N-dealkylation sites (N-methyl/N-ethyl adjacent to an activating group) is 1. The molecule has 9 heteroatoms. The van der Waals surface area contributed by atoms with Crippen LogP contribution in [0.5, 0.6) is 0 Å². The van der Waals surface area contributed by atoms with Crippen LogP contribution in [0.3, 0.4) is 0 Å². The van der Waals surface area contributed by atoms with E-state index in [2.05, 4.69) is 50.3 Å². The van der Waals surface area contributed by atoms with Gasteiger partial charge in [0.25, 0.3) is 7.82 Å². The highest BCUT2D eigenvalue weighted by Crippen LogP contribution is 2.38. The summed E-state index contributed by atoms with van der Waals surface area (Å²) in [5, 5.41) is 0. The molecule has 298 valence electrons. The van der Waals surface area contributed by atoms with Crippen molar-refractivity contribution in [3.05, 3.63) is 48.8 Å². The highest BCUT2D eigenvalue weighted by atomic mass is 31.2. The Labute approximate surface area is 314 Å². The number of unbranched alkanes of at least 4 members (excludes halogenated alkanes) is 17. The summed E-state index contributed by atoms with van der Waals surface area (Å²) in [4.78, 5) is 24.9. The minimum atomic E-state index is -4.55. The Morgan fingerprint density at radius 1 is 0.627 bits per heavy atom. The zero-order valence-corrected chi connectivity index (χ0v) is 34.4. The van der Waals surface area contributed by atoms with E-state index in [4.69, 9.17) is 18.5 Å². The fourth-order valence-electron chi connectivity index (χ4n) is 5.22. The molecule has 0 aliphatic rings. The summed E-state index contributed by atoms with van der Waals surface area (Å²) in [6, 6.07) is 0. The molecule has 0 aliphatic heterocycles. The van der Waals surface area contributed by atoms with Crippen LogP contribution >= 0.6 is 7.82 Å². The molecule has 0 N–H and O–H groups in total. The maximum atomic E-state index is 12.6. The third-order valence-corrected chi connectivity index (χ3v) is 9.41. The number of hydrogen-bond donors (Lipinski definition) is 0. The van der Waals surface area contributed by atoms with Crippen molar-refractivity contribution in [3.8, 4) is 0 Å². The predicted octanol–water partition coefficient (Wildman–Crippen LogP) is 11.3. The van der Waals surface area contributed by atoms with Gasteiger partial charge in [-0.15, -0.1) is 0 Å². The first kappa shape index (κ1) is 49.3. The Kier molecular flexibility index (Phi) is 34.2. The van der Waals surface area contributed by atoms with Gasteiger partial charge in [0.15, 0.2) is 6.10 Å². The monoisotopic (exact) mass is 740 g/mol. The van der Waals surface area contributed by atoms with Gasteiger partial charge in [-0.1, -0.05) is 134 Å². The quantitative estimate of drug-likeness (QED) is 0.0156. The molecule has 0 rings (SSSR count). The molecule has 51 heavy (non-hydrogen) atoms. The second-order valence-electron chi connectivity index (χ2n) is 14.7. The fraction of sp³-hybridized carbons (Fsp3) is 0.786. The molecule has 0 radical (unpaired) electrons. The zero-order chi connectivity index (χ0) is 37.7. The Bertz CT molecular complexity index is 957. The van der Waals surface area contributed by atoms with Crippen LogP contribution in [0.1, 0.15) is 162 Å². The molecule has 0 saturated heterocycles. The van der Waals surface area contributed by atoms with Crippen molar-refractivity contribution in [3.63, 3.8) is 0 Å². The standard InChI is InChI=1S/C42H78NO7P/c1-6-8-10-12-14-16-18-20-22-23-25-27-29-31-33-35-42(44)50-41(40-49-51(45,46)48-38-36-43(3,4)5)39-47-37-34-32-30-28-26-24-21-19-17-15-13-11-9-7-2/h14,16,20,22,25,27,34,37,41H,6-13,15,17-19,21,23-24,26,28-33,35-36,38-40H2,1-5H3/b16-14-,22-20-,27-25-,37-34-/t41-/m0/s1. The van der Waals surface area contributed by atoms with E-state index in [1.807, 2.05) is 27.2 Å². The normalized spacial score (nSPS) is 14.3. The smallest absolute Gasteiger partial charge is 0.306 e. The van der Waals surface area contributed by atoms with Crippen molar-refractivity contribution < 1.29 is 37.3 Å². The van der Waals surface area contributed by atoms with E-state index in [0.29, 0.717) is 17.4 Å². The Morgan fingerprint density at radius 3 is 1.67 bits per heavy atom. The lowest BCUT2D eigenvalue weighted by Crippen LogP contribution is -2.37. The Balaban J connectivity index is 4.41. The number of hydrogen-bond acceptors (Lipinski definition) is 7. The highest BCUT2D eigenvalue weighted by Gasteiger charge is 2.20. The van der Waals surface area contributed by atoms with E-state index in [9.17, 15) is 14.3 Å². The molecular weight excluding hydrogens is 661 g/mol. The molecule has 0 heterocycles. The average molecular weight is 740 g/mol. The summed E-state index contributed by atoms with van der Waals surface area (Å²) in [6.45, 7) is 4.65. The molecule has 0 fully saturated rings. The van der Waals surface area contributed by atoms with Gasteiger partial charge in [0.1, 0.15) is 19.8 Å². The van der Waals surface area contributed by atoms with Crippen LogP contribution in [0.4, 0.5) is 0 Å². The molecule has 0 aromatic rings. The summed E-state index contributed by atoms with van der Waals surface area (Å²) in [6.07, 6.45) is 42.1. The number of carbonyl (C=O) groups excluding carboxylic acids is 1. The number of rotatable bonds is 37. The summed E-state index contributed by atoms with van der Waals surface area (Å²) in [5.41, 5.74) is 0. The number of ether oxygens (including phenoxy) is 2. The molecule has 1 unspecified atom stereocenters. The van der Waals surface area contributed by atoms with Crippen LogP contribution < -0.4 is 4.89 Å². The minimum Gasteiger partial charge on any atom is -0.756 e. The number of esters is 1. The molecule has 0 aromatic heterocycles. The maximum absolute atomic E-state index is 12.6. The van der Waals surface area contributed by atoms with Crippen molar-refractivity contribution in [1.82, 2.24) is 0 Å². The van der Waals surface area contributed by atoms with Crippen LogP contribution in [0, 0.1) is 0 Å². The molecular formula is C42H78NO7P. The number of nitrogens with zero attached hydrogens (tertiary/aromatic N) is 1. The third kappa shape index (κ3) is 39.3. The van der Waals surface area contributed by atoms with E-state index in [-0.39, 0.29) is 26.2 Å². The van der Waals surface area contributed by atoms with E-state index in [0.717, 1.165) is 38.5 Å². The maximum Gasteiger partial charge on any atom is 0.306 e. The topological polar surface area (TPSA) is 94.1 Å². The Hall–Kier alpha value is -1.70. The average Bonchev–Trinajstić information content (AvgIpc) is 3.08. The molecule has 2 atom stereocenters. The van der Waals surface area contributed by atoms with E-state index >= 15 is 0 Å². The Morgan fingerprint density at radius 2 is 1.10 bits per heavy atom. The first-order valence-corrected chi connectivity index (χ1v) is 21.9. The third-order valence-electron chi connectivity index (χ3n) is 8.45. The molecule has 0 amide bonds. The summed E-state index contributed by atoms with van der Waals surface area (Å²) in [7, 11) is 1.30. The predicted molar refractivity (Wildman–Crippen MR) is 212 cm³/mol. The van der Waals surface area contributed by atoms with Crippen LogP contribution in [0.15, 0.2) is 48.8 Å². The van der Waals surface area contributed by atoms with Crippen LogP contribution in [-0.4, -0.2) is 64.1 Å². The zero-order valence-electron chi connectivity index (χ0n) is 33.5. The summed E-state index contributed by atoms with van der Waals surface area (Å²) in [5.74, 6) is -0.394. The first-order chi connectivity index (χ1) is 24.6. The minimum absolute atomic E-state index is 0.00443. The van der Waals surface area contributed by atoms with Gasteiger partial charge in [-0.2, -0.15) is 0 Å². The summed E-state index contributed by atoms with van der Waals surface area (Å²) < 4.78 is 34.2. The van der Waals surface area contributed by atoms with Gasteiger partial charge in [0.05, 0.1) is 34.0 Å². The van der Waals surface area contributed by atoms with Gasteiger partial charge >= 0.3 is 5.97 Å². The number of phosphoric acid groups is 1. The van der Waals surface area contributed by atoms with Crippen molar-refractivity contribution >= 4 is 13.8 Å². The second kappa shape index (κ2) is 35.3. The summed E-state index contributed by atoms with van der Waals surface area (Å²) >= 11 is 0. The lowest BCUT2D eigenvalue weighted by Gasteiger charge is -2.28. The van der Waals surface area contributed by atoms with Gasteiger partial charge in [0, 0.05) is 6.42 Å². The fourth-order valence-corrected chi connectivity index (χ4v) is 5.95. The number of phosphoric ester groups is 1. The molecule has 0 aliphatic carbocycles. The second-order valence-corrected chi connectivity index (χ2v) is 16.1. The van der Waals surface area contributed by atoms with Gasteiger partial charge in [-0.25, -0.2) is 0 Å². The van der Waals surface area contributed by atoms with Crippen LogP contribution in [-0.2, 0) is 27.9 Å². The molecule has 0 bridgehead atoms. The van der Waals surface area contributed by atoms with Crippen molar-refractivity contribution in [2.45, 2.75) is 168 Å². The van der Waals surface area contributed by atoms with E-state index < -0.39 is 19.9 Å². The van der Waals surface area contributed by atoms with Crippen LogP contribution in [0.2, 0.25) is 0 Å². The van der Waals surface area contributed by atoms with E-state index in [1.54, 1.807) is 6.26 Å². The van der Waals surface area contributed by atoms with Gasteiger partial charge in [-0.3, -0.25) is 9.36 Å². The number of quaternary nitrogens is 1. The SMILES string of the molecule is CCCCC/C=C\C/C=C\C/C=C\CCCCC(=O)O[C@@H](CO/C=C\CCCCCCCCCCCCCC)COP(=O)([O-])OCC[N+](C)(C)C. The number of allylic oxidation sites excluding steroid dienone is 7. The largest absolute Gasteiger partial charge is 0.756 e. The highest BCUT2D eigenvalue weighted by molar-refractivity contribution is 7.45. The van der Waals surface area contributed by atoms with Gasteiger partial charge in [-0.05, 0) is 63.9 Å². The van der Waals surface area contributed by atoms with Crippen molar-refractivity contribution in [1.29, 1.82) is 0 Å². The van der Waals surface area contributed by atoms with Crippen LogP contribution in [0.25, 0.3) is 0 Å². The molecule has 8 nitrogen and oxygen atoms in total. The lowest BCUT2D eigenvalue weighted by atomic mass is 10.0. The van der Waals surface area contributed by atoms with Gasteiger partial charge in [0.2, 0.25) is 0 Å². The molecule has 0 spiro atoms. The first-order valence-electron chi connectivity index (χ1n) is 20.4. The van der Waals surface area contributed by atoms with Crippen molar-refractivity contribution in [2.24, 2.45) is 0 Å². The van der Waals surface area contributed by atoms with E-state index in [1.165, 1.54) is 96.3 Å². The number of carbonyl (C=O) groups is 1. The molecule has 0 aromatic carbocycles. The lowest BCUT2D eigenvalue weighted by molar-refractivity contribution is -0.870. The molecule has 0 saturated carbocycles. The van der Waals surface area contributed by atoms with Gasteiger partial charge < -0.3 is 27.9 Å². The van der Waals surface area contributed by atoms with Crippen molar-refractivity contribution in [2.75, 3.05) is 47.5 Å².